The molecular formula is C18H21N5O. The topological polar surface area (TPSA) is 81.0 Å². The number of fused-ring (bicyclic) bond motifs is 1. The number of amides is 1. The van der Waals surface area contributed by atoms with Crippen LogP contribution >= 0.6 is 0 Å². The van der Waals surface area contributed by atoms with E-state index in [4.69, 9.17) is 5.26 Å². The lowest BCUT2D eigenvalue weighted by Crippen LogP contribution is -2.41. The van der Waals surface area contributed by atoms with E-state index in [-0.39, 0.29) is 18.5 Å². The molecule has 2 heterocycles. The smallest absolute Gasteiger partial charge is 0.237 e. The third-order valence-electron chi connectivity index (χ3n) is 4.20. The zero-order chi connectivity index (χ0) is 16.8. The van der Waals surface area contributed by atoms with Crippen LogP contribution in [0.25, 0.3) is 10.9 Å². The highest BCUT2D eigenvalue weighted by molar-refractivity contribution is 5.80. The van der Waals surface area contributed by atoms with Gasteiger partial charge >= 0.3 is 0 Å². The summed E-state index contributed by atoms with van der Waals surface area (Å²) in [6, 6.07) is 13.9. The first-order valence-electron chi connectivity index (χ1n) is 8.27. The summed E-state index contributed by atoms with van der Waals surface area (Å²) in [6.07, 6.45) is 1.70. The molecule has 124 valence electrons. The van der Waals surface area contributed by atoms with Crippen molar-refractivity contribution in [2.24, 2.45) is 0 Å². The molecule has 1 saturated heterocycles. The van der Waals surface area contributed by atoms with Gasteiger partial charge in [0.1, 0.15) is 11.9 Å². The van der Waals surface area contributed by atoms with Crippen LogP contribution in [0.2, 0.25) is 0 Å². The van der Waals surface area contributed by atoms with Crippen molar-refractivity contribution < 1.29 is 4.79 Å². The molecule has 1 atom stereocenters. The first kappa shape index (κ1) is 16.2. The average molecular weight is 323 g/mol. The van der Waals surface area contributed by atoms with E-state index in [0.29, 0.717) is 19.6 Å². The van der Waals surface area contributed by atoms with E-state index >= 15 is 0 Å². The number of nitrogens with one attached hydrogen (secondary N) is 2. The Morgan fingerprint density at radius 1 is 1.29 bits per heavy atom. The molecule has 6 nitrogen and oxygen atoms in total. The number of para-hydroxylation sites is 1. The number of nitrogens with zero attached hydrogens (tertiary/aromatic N) is 3. The SMILES string of the molecule is N#CC1CCCN1C(=O)CNCCNc1ccc2ccccc2n1. The van der Waals surface area contributed by atoms with Crippen molar-refractivity contribution in [3.8, 4) is 6.07 Å². The molecule has 0 spiro atoms. The minimum Gasteiger partial charge on any atom is -0.369 e. The molecule has 1 fully saturated rings. The van der Waals surface area contributed by atoms with E-state index in [0.717, 1.165) is 29.6 Å². The lowest BCUT2D eigenvalue weighted by atomic mass is 10.2. The first-order valence-corrected chi connectivity index (χ1v) is 8.27. The molecule has 0 radical (unpaired) electrons. The lowest BCUT2D eigenvalue weighted by Gasteiger charge is -2.19. The second kappa shape index (κ2) is 7.75. The molecule has 1 unspecified atom stereocenters. The molecule has 6 heteroatoms. The molecule has 1 aliphatic heterocycles. The molecule has 2 aromatic rings. The summed E-state index contributed by atoms with van der Waals surface area (Å²) in [7, 11) is 0. The molecular weight excluding hydrogens is 302 g/mol. The van der Waals surface area contributed by atoms with E-state index in [1.54, 1.807) is 4.90 Å². The fourth-order valence-corrected chi connectivity index (χ4v) is 2.94. The fraction of sp³-hybridized carbons (Fsp3) is 0.389. The van der Waals surface area contributed by atoms with Gasteiger partial charge in [0.2, 0.25) is 5.91 Å². The van der Waals surface area contributed by atoms with Crippen molar-refractivity contribution in [2.45, 2.75) is 18.9 Å². The summed E-state index contributed by atoms with van der Waals surface area (Å²) in [5, 5.41) is 16.5. The highest BCUT2D eigenvalue weighted by Gasteiger charge is 2.27. The van der Waals surface area contributed by atoms with Gasteiger partial charge in [-0.25, -0.2) is 4.98 Å². The number of likely N-dealkylation sites (tertiary alicyclic amines) is 1. The van der Waals surface area contributed by atoms with Crippen LogP contribution in [0.4, 0.5) is 5.82 Å². The summed E-state index contributed by atoms with van der Waals surface area (Å²) < 4.78 is 0. The molecule has 1 aromatic carbocycles. The predicted molar refractivity (Wildman–Crippen MR) is 93.5 cm³/mol. The van der Waals surface area contributed by atoms with Gasteiger partial charge in [-0.15, -0.1) is 0 Å². The fourth-order valence-electron chi connectivity index (χ4n) is 2.94. The highest BCUT2D eigenvalue weighted by Crippen LogP contribution is 2.16. The van der Waals surface area contributed by atoms with Crippen molar-refractivity contribution in [1.82, 2.24) is 15.2 Å². The number of hydrogen-bond donors (Lipinski definition) is 2. The Balaban J connectivity index is 1.40. The maximum atomic E-state index is 12.1. The number of benzene rings is 1. The molecule has 24 heavy (non-hydrogen) atoms. The number of carbonyl (C=O) groups is 1. The Hall–Kier alpha value is -2.65. The van der Waals surface area contributed by atoms with Crippen LogP contribution in [0.1, 0.15) is 12.8 Å². The number of rotatable bonds is 6. The third-order valence-corrected chi connectivity index (χ3v) is 4.20. The van der Waals surface area contributed by atoms with Crippen LogP contribution in [-0.2, 0) is 4.79 Å². The van der Waals surface area contributed by atoms with Crippen LogP contribution < -0.4 is 10.6 Å². The summed E-state index contributed by atoms with van der Waals surface area (Å²) >= 11 is 0. The van der Waals surface area contributed by atoms with Gasteiger partial charge in [-0.05, 0) is 31.0 Å². The number of anilines is 1. The van der Waals surface area contributed by atoms with Gasteiger partial charge in [0.05, 0.1) is 18.1 Å². The predicted octanol–water partition coefficient (Wildman–Crippen LogP) is 1.75. The first-order chi connectivity index (χ1) is 11.8. The van der Waals surface area contributed by atoms with E-state index in [2.05, 4.69) is 21.7 Å². The van der Waals surface area contributed by atoms with E-state index in [1.807, 2.05) is 36.4 Å². The number of pyridine rings is 1. The summed E-state index contributed by atoms with van der Waals surface area (Å²) in [5.74, 6) is 0.828. The van der Waals surface area contributed by atoms with Gasteiger partial charge in [0.15, 0.2) is 0 Å². The van der Waals surface area contributed by atoms with Gasteiger partial charge in [0.25, 0.3) is 0 Å². The highest BCUT2D eigenvalue weighted by atomic mass is 16.2. The quantitative estimate of drug-likeness (QED) is 0.792. The summed E-state index contributed by atoms with van der Waals surface area (Å²) in [4.78, 5) is 18.3. The van der Waals surface area contributed by atoms with Crippen LogP contribution in [0, 0.1) is 11.3 Å². The number of hydrogen-bond acceptors (Lipinski definition) is 5. The van der Waals surface area contributed by atoms with Gasteiger partial charge in [-0.1, -0.05) is 18.2 Å². The maximum absolute atomic E-state index is 12.1. The van der Waals surface area contributed by atoms with Crippen molar-refractivity contribution in [1.29, 1.82) is 5.26 Å². The molecule has 0 bridgehead atoms. The maximum Gasteiger partial charge on any atom is 0.237 e. The monoisotopic (exact) mass is 323 g/mol. The molecule has 1 aliphatic rings. The minimum atomic E-state index is -0.251. The molecule has 3 rings (SSSR count). The Kier molecular flexibility index (Phi) is 5.24. The Labute approximate surface area is 141 Å². The largest absolute Gasteiger partial charge is 0.369 e. The standard InChI is InChI=1S/C18H21N5O/c19-12-15-5-3-11-23(15)18(24)13-20-9-10-21-17-8-7-14-4-1-2-6-16(14)22-17/h1-2,4,6-8,15,20H,3,5,9-11,13H2,(H,21,22). The zero-order valence-electron chi connectivity index (χ0n) is 13.5. The van der Waals surface area contributed by atoms with Crippen LogP contribution in [0.3, 0.4) is 0 Å². The van der Waals surface area contributed by atoms with Crippen molar-refractivity contribution in [2.75, 3.05) is 31.5 Å². The van der Waals surface area contributed by atoms with Gasteiger partial charge < -0.3 is 15.5 Å². The molecule has 0 saturated carbocycles. The van der Waals surface area contributed by atoms with Gasteiger partial charge in [0, 0.05) is 25.0 Å². The van der Waals surface area contributed by atoms with Crippen molar-refractivity contribution >= 4 is 22.6 Å². The number of nitriles is 1. The van der Waals surface area contributed by atoms with E-state index in [9.17, 15) is 4.79 Å². The minimum absolute atomic E-state index is 0.00267. The van der Waals surface area contributed by atoms with E-state index < -0.39 is 0 Å². The van der Waals surface area contributed by atoms with Crippen molar-refractivity contribution in [3.05, 3.63) is 36.4 Å². The van der Waals surface area contributed by atoms with Gasteiger partial charge in [-0.3, -0.25) is 4.79 Å². The molecule has 0 aliphatic carbocycles. The number of aromatic nitrogens is 1. The Bertz CT molecular complexity index is 754. The molecule has 1 aromatic heterocycles. The van der Waals surface area contributed by atoms with Crippen molar-refractivity contribution in [3.63, 3.8) is 0 Å². The normalized spacial score (nSPS) is 17.0. The van der Waals surface area contributed by atoms with Crippen LogP contribution in [0.15, 0.2) is 36.4 Å². The summed E-state index contributed by atoms with van der Waals surface area (Å²) in [6.45, 7) is 2.30. The average Bonchev–Trinajstić information content (AvgIpc) is 3.10. The lowest BCUT2D eigenvalue weighted by molar-refractivity contribution is -0.130. The van der Waals surface area contributed by atoms with E-state index in [1.165, 1.54) is 0 Å². The second-order valence-electron chi connectivity index (χ2n) is 5.87. The van der Waals surface area contributed by atoms with Gasteiger partial charge in [-0.2, -0.15) is 5.26 Å². The Morgan fingerprint density at radius 3 is 3.04 bits per heavy atom. The molecule has 2 N–H and O–H groups in total. The third kappa shape index (κ3) is 3.81. The van der Waals surface area contributed by atoms with Crippen LogP contribution in [-0.4, -0.2) is 48.0 Å². The number of carbonyl (C=O) groups excluding carboxylic acids is 1. The Morgan fingerprint density at radius 2 is 2.17 bits per heavy atom. The second-order valence-corrected chi connectivity index (χ2v) is 5.87. The summed E-state index contributed by atoms with van der Waals surface area (Å²) in [5.41, 5.74) is 0.960. The zero-order valence-corrected chi connectivity index (χ0v) is 13.5. The molecule has 1 amide bonds. The van der Waals surface area contributed by atoms with Crippen LogP contribution in [0.5, 0.6) is 0 Å².